The van der Waals surface area contributed by atoms with Crippen LogP contribution in [0.1, 0.15) is 19.4 Å². The maximum atomic E-state index is 12.7. The maximum Gasteiger partial charge on any atom is 0.345 e. The summed E-state index contributed by atoms with van der Waals surface area (Å²) < 4.78 is 7.48. The van der Waals surface area contributed by atoms with Crippen molar-refractivity contribution >= 4 is 22.2 Å². The first-order valence-electron chi connectivity index (χ1n) is 10.0. The highest BCUT2D eigenvalue weighted by Crippen LogP contribution is 2.26. The van der Waals surface area contributed by atoms with Gasteiger partial charge in [-0.1, -0.05) is 0 Å². The Morgan fingerprint density at radius 1 is 1.07 bits per heavy atom. The molecule has 0 amide bonds. The van der Waals surface area contributed by atoms with E-state index in [4.69, 9.17) is 4.42 Å². The first-order chi connectivity index (χ1) is 14.0. The molecule has 0 radical (unpaired) electrons. The fraction of sp³-hybridized carbons (Fsp3) is 0.304. The minimum atomic E-state index is -0.364. The van der Waals surface area contributed by atoms with E-state index >= 15 is 0 Å². The zero-order valence-electron chi connectivity index (χ0n) is 16.8. The quantitative estimate of drug-likeness (QED) is 0.532. The monoisotopic (exact) mass is 388 g/mol. The first-order valence-corrected chi connectivity index (χ1v) is 10.0. The smallest absolute Gasteiger partial charge is 0.345 e. The largest absolute Gasteiger partial charge is 0.422 e. The summed E-state index contributed by atoms with van der Waals surface area (Å²) in [6, 6.07) is 14.8. The van der Waals surface area contributed by atoms with Crippen molar-refractivity contribution in [1.29, 1.82) is 0 Å². The second-order valence-corrected chi connectivity index (χ2v) is 8.15. The molecule has 4 aromatic rings. The van der Waals surface area contributed by atoms with Crippen LogP contribution in [0.15, 0.2) is 57.9 Å². The molecule has 2 atom stereocenters. The van der Waals surface area contributed by atoms with E-state index in [1.54, 1.807) is 4.52 Å². The fourth-order valence-electron chi connectivity index (χ4n) is 4.25. The number of anilines is 1. The van der Waals surface area contributed by atoms with Crippen molar-refractivity contribution in [1.82, 2.24) is 14.9 Å². The Balaban J connectivity index is 1.55. The number of nitrogens with zero attached hydrogens (tertiary/aromatic N) is 3. The minimum Gasteiger partial charge on any atom is -0.422 e. The number of pyridine rings is 1. The van der Waals surface area contributed by atoms with Gasteiger partial charge in [-0.2, -0.15) is 5.10 Å². The van der Waals surface area contributed by atoms with E-state index in [1.165, 1.54) is 0 Å². The van der Waals surface area contributed by atoms with Crippen LogP contribution in [0.2, 0.25) is 0 Å². The Morgan fingerprint density at radius 3 is 2.66 bits per heavy atom. The minimum absolute atomic E-state index is 0.364. The Bertz CT molecular complexity index is 1260. The standard InChI is InChI=1S/C23H24N4O2/c1-14-6-7-27-19(8-14)10-21(25-27)20-9-17-4-5-18(11-22(17)29-23(20)28)26-12-15(2)24-16(3)13-26/h4-11,15-16,24H,12-13H2,1-3H3. The lowest BCUT2D eigenvalue weighted by Gasteiger charge is -2.37. The summed E-state index contributed by atoms with van der Waals surface area (Å²) in [6.45, 7) is 8.27. The summed E-state index contributed by atoms with van der Waals surface area (Å²) in [7, 11) is 0. The second kappa shape index (κ2) is 6.74. The summed E-state index contributed by atoms with van der Waals surface area (Å²) >= 11 is 0. The van der Waals surface area contributed by atoms with Gasteiger partial charge in [0, 0.05) is 48.5 Å². The number of nitrogens with one attached hydrogen (secondary N) is 1. The highest BCUT2D eigenvalue weighted by Gasteiger charge is 2.21. The molecule has 0 spiro atoms. The number of piperazine rings is 1. The molecule has 4 heterocycles. The third-order valence-electron chi connectivity index (χ3n) is 5.54. The molecule has 1 aromatic carbocycles. The van der Waals surface area contributed by atoms with Gasteiger partial charge in [-0.15, -0.1) is 0 Å². The van der Waals surface area contributed by atoms with Crippen LogP contribution in [0.5, 0.6) is 0 Å². The van der Waals surface area contributed by atoms with Crippen LogP contribution in [0.25, 0.3) is 27.7 Å². The Hall–Kier alpha value is -3.12. The van der Waals surface area contributed by atoms with Crippen molar-refractivity contribution in [2.24, 2.45) is 0 Å². The number of rotatable bonds is 2. The van der Waals surface area contributed by atoms with Crippen LogP contribution in [-0.2, 0) is 0 Å². The fourth-order valence-corrected chi connectivity index (χ4v) is 4.25. The van der Waals surface area contributed by atoms with Gasteiger partial charge in [0.2, 0.25) is 0 Å². The zero-order chi connectivity index (χ0) is 20.1. The van der Waals surface area contributed by atoms with E-state index in [9.17, 15) is 4.79 Å². The predicted molar refractivity (Wildman–Crippen MR) is 116 cm³/mol. The highest BCUT2D eigenvalue weighted by molar-refractivity contribution is 5.84. The van der Waals surface area contributed by atoms with E-state index in [-0.39, 0.29) is 5.63 Å². The molecule has 6 heteroatoms. The van der Waals surface area contributed by atoms with Crippen molar-refractivity contribution in [2.75, 3.05) is 18.0 Å². The third-order valence-corrected chi connectivity index (χ3v) is 5.54. The lowest BCUT2D eigenvalue weighted by atomic mass is 10.1. The van der Waals surface area contributed by atoms with Crippen LogP contribution < -0.4 is 15.8 Å². The lowest BCUT2D eigenvalue weighted by Crippen LogP contribution is -2.54. The predicted octanol–water partition coefficient (Wildman–Crippen LogP) is 3.60. The number of hydrogen-bond donors (Lipinski definition) is 1. The molecular formula is C23H24N4O2. The summed E-state index contributed by atoms with van der Waals surface area (Å²) in [5.74, 6) is 0. The van der Waals surface area contributed by atoms with E-state index in [1.807, 2.05) is 49.5 Å². The molecule has 6 nitrogen and oxygen atoms in total. The van der Waals surface area contributed by atoms with Crippen LogP contribution >= 0.6 is 0 Å². The molecule has 148 valence electrons. The van der Waals surface area contributed by atoms with E-state index in [0.29, 0.717) is 28.9 Å². The molecule has 1 aliphatic rings. The van der Waals surface area contributed by atoms with Crippen LogP contribution in [-0.4, -0.2) is 34.8 Å². The molecule has 3 aromatic heterocycles. The second-order valence-electron chi connectivity index (χ2n) is 8.15. The van der Waals surface area contributed by atoms with Crippen molar-refractivity contribution in [3.05, 3.63) is 64.6 Å². The highest BCUT2D eigenvalue weighted by atomic mass is 16.4. The topological polar surface area (TPSA) is 62.8 Å². The number of aromatic nitrogens is 2. The van der Waals surface area contributed by atoms with Gasteiger partial charge in [0.25, 0.3) is 0 Å². The van der Waals surface area contributed by atoms with Gasteiger partial charge >= 0.3 is 5.63 Å². The molecule has 0 bridgehead atoms. The normalized spacial score (nSPS) is 19.9. The Morgan fingerprint density at radius 2 is 1.86 bits per heavy atom. The number of hydrogen-bond acceptors (Lipinski definition) is 5. The number of fused-ring (bicyclic) bond motifs is 2. The van der Waals surface area contributed by atoms with Gasteiger partial charge in [-0.25, -0.2) is 9.31 Å². The van der Waals surface area contributed by atoms with Crippen molar-refractivity contribution < 1.29 is 4.42 Å². The van der Waals surface area contributed by atoms with Gasteiger partial charge < -0.3 is 14.6 Å². The molecular weight excluding hydrogens is 364 g/mol. The molecule has 1 aliphatic heterocycles. The molecule has 5 rings (SSSR count). The van der Waals surface area contributed by atoms with Gasteiger partial charge in [-0.05, 0) is 62.7 Å². The van der Waals surface area contributed by atoms with E-state index in [0.717, 1.165) is 35.2 Å². The van der Waals surface area contributed by atoms with Gasteiger partial charge in [0.15, 0.2) is 0 Å². The van der Waals surface area contributed by atoms with Crippen molar-refractivity contribution in [2.45, 2.75) is 32.9 Å². The zero-order valence-corrected chi connectivity index (χ0v) is 16.8. The molecule has 0 aliphatic carbocycles. The van der Waals surface area contributed by atoms with Crippen LogP contribution in [0, 0.1) is 6.92 Å². The van der Waals surface area contributed by atoms with E-state index in [2.05, 4.69) is 35.2 Å². The summed E-state index contributed by atoms with van der Waals surface area (Å²) in [6.07, 6.45) is 1.90. The molecule has 29 heavy (non-hydrogen) atoms. The Labute approximate surface area is 168 Å². The maximum absolute atomic E-state index is 12.7. The number of aryl methyl sites for hydroxylation is 1. The lowest BCUT2D eigenvalue weighted by molar-refractivity contribution is 0.407. The van der Waals surface area contributed by atoms with Crippen LogP contribution in [0.3, 0.4) is 0 Å². The molecule has 2 unspecified atom stereocenters. The SMILES string of the molecule is Cc1ccn2nc(-c3cc4ccc(N5CC(C)NC(C)C5)cc4oc3=O)cc2c1. The van der Waals surface area contributed by atoms with Crippen LogP contribution in [0.4, 0.5) is 5.69 Å². The number of benzene rings is 1. The average Bonchev–Trinajstić information content (AvgIpc) is 3.09. The molecule has 1 saturated heterocycles. The summed E-state index contributed by atoms with van der Waals surface area (Å²) in [5, 5.41) is 8.98. The van der Waals surface area contributed by atoms with Gasteiger partial charge in [0.1, 0.15) is 11.3 Å². The van der Waals surface area contributed by atoms with E-state index < -0.39 is 0 Å². The van der Waals surface area contributed by atoms with Gasteiger partial charge in [-0.3, -0.25) is 0 Å². The molecule has 0 saturated carbocycles. The van der Waals surface area contributed by atoms with Gasteiger partial charge in [0.05, 0.1) is 11.1 Å². The first kappa shape index (κ1) is 17.9. The van der Waals surface area contributed by atoms with Crippen molar-refractivity contribution in [3.8, 4) is 11.3 Å². The average molecular weight is 388 g/mol. The van der Waals surface area contributed by atoms with Crippen molar-refractivity contribution in [3.63, 3.8) is 0 Å². The molecule has 1 N–H and O–H groups in total. The summed E-state index contributed by atoms with van der Waals surface area (Å²) in [5.41, 5.74) is 4.54. The Kier molecular flexibility index (Phi) is 4.17. The third kappa shape index (κ3) is 3.29. The summed E-state index contributed by atoms with van der Waals surface area (Å²) in [4.78, 5) is 15.1. The molecule has 1 fully saturated rings.